The summed E-state index contributed by atoms with van der Waals surface area (Å²) in [6.07, 6.45) is 1.57. The van der Waals surface area contributed by atoms with E-state index >= 15 is 0 Å². The summed E-state index contributed by atoms with van der Waals surface area (Å²) in [6, 6.07) is 5.95. The van der Waals surface area contributed by atoms with Gasteiger partial charge in [-0.1, -0.05) is 11.6 Å². The van der Waals surface area contributed by atoms with E-state index in [2.05, 4.69) is 42.7 Å². The summed E-state index contributed by atoms with van der Waals surface area (Å²) in [6.45, 7) is 2.92. The molecule has 1 aliphatic heterocycles. The zero-order valence-corrected chi connectivity index (χ0v) is 16.9. The number of anilines is 1. The Morgan fingerprint density at radius 1 is 1.47 bits per heavy atom. The van der Waals surface area contributed by atoms with Crippen LogP contribution in [0, 0.1) is 5.82 Å². The highest BCUT2D eigenvalue weighted by Crippen LogP contribution is 2.23. The van der Waals surface area contributed by atoms with Crippen LogP contribution in [0.4, 0.5) is 16.0 Å². The van der Waals surface area contributed by atoms with Crippen molar-refractivity contribution in [1.82, 2.24) is 25.3 Å². The fraction of sp³-hybridized carbons (Fsp3) is 0.316. The number of hydrogen-bond acceptors (Lipinski definition) is 7. The number of nitrogens with zero attached hydrogens (tertiary/aromatic N) is 4. The number of imidazole rings is 1. The lowest BCUT2D eigenvalue weighted by Crippen LogP contribution is -2.46. The zero-order chi connectivity index (χ0) is 21.1. The van der Waals surface area contributed by atoms with Crippen LogP contribution in [0.2, 0.25) is 5.02 Å². The van der Waals surface area contributed by atoms with Crippen LogP contribution in [-0.4, -0.2) is 70.3 Å². The molecule has 2 aromatic heterocycles. The highest BCUT2D eigenvalue weighted by Gasteiger charge is 2.20. The second-order valence-electron chi connectivity index (χ2n) is 6.90. The number of hydrogen-bond donors (Lipinski definition) is 4. The highest BCUT2D eigenvalue weighted by atomic mass is 35.5. The number of aromatic amines is 1. The summed E-state index contributed by atoms with van der Waals surface area (Å²) in [5.41, 5.74) is 4.05. The van der Waals surface area contributed by atoms with Gasteiger partial charge in [-0.25, -0.2) is 14.4 Å². The van der Waals surface area contributed by atoms with Crippen LogP contribution in [0.15, 0.2) is 35.5 Å². The van der Waals surface area contributed by atoms with Crippen molar-refractivity contribution in [2.45, 2.75) is 6.04 Å². The third-order valence-corrected chi connectivity index (χ3v) is 5.21. The molecule has 0 amide bonds. The van der Waals surface area contributed by atoms with Gasteiger partial charge in [-0.05, 0) is 31.3 Å². The number of aliphatic imine (C=N–C) groups is 1. The monoisotopic (exact) mass is 433 g/mol. The number of pyridine rings is 1. The lowest BCUT2D eigenvalue weighted by molar-refractivity contribution is 0.0109. The Morgan fingerprint density at radius 2 is 2.33 bits per heavy atom. The molecular formula is C19H21ClFN7O2. The Balaban J connectivity index is 1.60. The summed E-state index contributed by atoms with van der Waals surface area (Å²) in [7, 11) is 2.06. The lowest BCUT2D eigenvalue weighted by Gasteiger charge is -2.32. The van der Waals surface area contributed by atoms with Crippen molar-refractivity contribution in [2.24, 2.45) is 4.99 Å². The Hall–Kier alpha value is -2.79. The molecule has 1 unspecified atom stereocenters. The van der Waals surface area contributed by atoms with Gasteiger partial charge in [0.05, 0.1) is 35.5 Å². The van der Waals surface area contributed by atoms with E-state index in [1.807, 2.05) is 0 Å². The summed E-state index contributed by atoms with van der Waals surface area (Å²) in [4.78, 5) is 18.5. The topological polar surface area (TPSA) is 111 Å². The molecular weight excluding hydrogens is 413 g/mol. The maximum atomic E-state index is 13.4. The van der Waals surface area contributed by atoms with Gasteiger partial charge >= 0.3 is 0 Å². The standard InChI is InChI=1S/C19H21ClFN7O2/c1-28-6-7-30-10-12(28)9-23-19-25-16-13(4-5-22-18(16)26-19)17(27-29)24-11-2-3-15(21)14(20)8-11/h2-5,8,12,29H,6-7,9-10H2,1H3,(H,24,27)(H2,22,23,25,26). The average Bonchev–Trinajstić information content (AvgIpc) is 3.17. The summed E-state index contributed by atoms with van der Waals surface area (Å²) < 4.78 is 18.9. The van der Waals surface area contributed by atoms with E-state index in [1.54, 1.807) is 12.3 Å². The van der Waals surface area contributed by atoms with Crippen molar-refractivity contribution >= 4 is 40.2 Å². The first kappa shape index (κ1) is 20.5. The van der Waals surface area contributed by atoms with E-state index in [4.69, 9.17) is 16.3 Å². The van der Waals surface area contributed by atoms with E-state index in [0.29, 0.717) is 41.5 Å². The molecule has 4 rings (SSSR count). The summed E-state index contributed by atoms with van der Waals surface area (Å²) >= 11 is 5.82. The molecule has 1 aliphatic rings. The molecule has 0 aliphatic carbocycles. The molecule has 9 nitrogen and oxygen atoms in total. The predicted octanol–water partition coefficient (Wildman–Crippen LogP) is 2.55. The van der Waals surface area contributed by atoms with Gasteiger partial charge in [0, 0.05) is 24.8 Å². The van der Waals surface area contributed by atoms with E-state index in [1.165, 1.54) is 18.2 Å². The Kier molecular flexibility index (Phi) is 6.09. The van der Waals surface area contributed by atoms with Crippen LogP contribution in [0.3, 0.4) is 0 Å². The molecule has 1 atom stereocenters. The minimum atomic E-state index is -0.543. The van der Waals surface area contributed by atoms with Crippen molar-refractivity contribution in [1.29, 1.82) is 0 Å². The minimum absolute atomic E-state index is 0.0573. The largest absolute Gasteiger partial charge is 0.378 e. The Morgan fingerprint density at radius 3 is 3.10 bits per heavy atom. The van der Waals surface area contributed by atoms with Gasteiger partial charge < -0.3 is 15.0 Å². The van der Waals surface area contributed by atoms with Crippen LogP contribution < -0.4 is 10.8 Å². The second-order valence-corrected chi connectivity index (χ2v) is 7.31. The number of nitrogens with one attached hydrogen (secondary N) is 3. The number of morpholine rings is 1. The third kappa shape index (κ3) is 4.36. The number of H-pyrrole nitrogens is 1. The zero-order valence-electron chi connectivity index (χ0n) is 16.2. The van der Waals surface area contributed by atoms with Gasteiger partial charge in [0.2, 0.25) is 5.95 Å². The normalized spacial score (nSPS) is 18.0. The van der Waals surface area contributed by atoms with Crippen LogP contribution >= 0.6 is 11.6 Å². The first-order valence-electron chi connectivity index (χ1n) is 9.36. The molecule has 0 saturated carbocycles. The molecule has 11 heteroatoms. The number of fused-ring (bicyclic) bond motifs is 1. The SMILES string of the molecule is CN1CCOCC1CNc1nc2nccc(C(=Nc3ccc(F)c(Cl)c3)NO)c2[nH]1. The van der Waals surface area contributed by atoms with Crippen LogP contribution in [-0.2, 0) is 4.74 Å². The summed E-state index contributed by atoms with van der Waals surface area (Å²) in [5.74, 6) is 0.144. The number of ether oxygens (including phenoxy) is 1. The maximum Gasteiger partial charge on any atom is 0.202 e. The fourth-order valence-corrected chi connectivity index (χ4v) is 3.36. The van der Waals surface area contributed by atoms with Gasteiger partial charge in [0.1, 0.15) is 5.82 Å². The number of halogens is 2. The Labute approximate surface area is 176 Å². The van der Waals surface area contributed by atoms with E-state index in [-0.39, 0.29) is 16.9 Å². The van der Waals surface area contributed by atoms with Gasteiger partial charge in [-0.3, -0.25) is 15.6 Å². The third-order valence-electron chi connectivity index (χ3n) is 4.92. The average molecular weight is 434 g/mol. The molecule has 0 radical (unpaired) electrons. The summed E-state index contributed by atoms with van der Waals surface area (Å²) in [5, 5.41) is 12.9. The van der Waals surface area contributed by atoms with Crippen molar-refractivity contribution in [3.63, 3.8) is 0 Å². The molecule has 0 spiro atoms. The van der Waals surface area contributed by atoms with Gasteiger partial charge in [0.15, 0.2) is 11.5 Å². The number of likely N-dealkylation sites (N-methyl/N-ethyl adjacent to an activating group) is 1. The van der Waals surface area contributed by atoms with Crippen LogP contribution in [0.1, 0.15) is 5.56 Å². The predicted molar refractivity (Wildman–Crippen MR) is 112 cm³/mol. The highest BCUT2D eigenvalue weighted by molar-refractivity contribution is 6.31. The van der Waals surface area contributed by atoms with Crippen LogP contribution in [0.25, 0.3) is 11.2 Å². The molecule has 1 aromatic carbocycles. The van der Waals surface area contributed by atoms with Crippen molar-refractivity contribution in [2.75, 3.05) is 38.7 Å². The lowest BCUT2D eigenvalue weighted by atomic mass is 10.2. The number of benzene rings is 1. The van der Waals surface area contributed by atoms with E-state index in [9.17, 15) is 9.60 Å². The number of aromatic nitrogens is 3. The molecule has 0 bridgehead atoms. The van der Waals surface area contributed by atoms with Gasteiger partial charge in [0.25, 0.3) is 0 Å². The Bertz CT molecular complexity index is 1070. The molecule has 30 heavy (non-hydrogen) atoms. The first-order chi connectivity index (χ1) is 14.5. The van der Waals surface area contributed by atoms with E-state index in [0.717, 1.165) is 13.2 Å². The van der Waals surface area contributed by atoms with Gasteiger partial charge in [-0.15, -0.1) is 0 Å². The molecule has 1 saturated heterocycles. The van der Waals surface area contributed by atoms with Crippen molar-refractivity contribution < 1.29 is 14.3 Å². The minimum Gasteiger partial charge on any atom is -0.378 e. The molecule has 4 N–H and O–H groups in total. The molecule has 158 valence electrons. The maximum absolute atomic E-state index is 13.4. The number of hydroxylamine groups is 1. The quantitative estimate of drug-likeness (QED) is 0.278. The van der Waals surface area contributed by atoms with Crippen LogP contribution in [0.5, 0.6) is 0 Å². The first-order valence-corrected chi connectivity index (χ1v) is 9.73. The van der Waals surface area contributed by atoms with Crippen molar-refractivity contribution in [3.05, 3.63) is 46.9 Å². The van der Waals surface area contributed by atoms with Crippen molar-refractivity contribution in [3.8, 4) is 0 Å². The molecule has 1 fully saturated rings. The second kappa shape index (κ2) is 8.92. The number of amidine groups is 1. The van der Waals surface area contributed by atoms with Gasteiger partial charge in [-0.2, -0.15) is 4.98 Å². The smallest absolute Gasteiger partial charge is 0.202 e. The number of rotatable bonds is 5. The van der Waals surface area contributed by atoms with E-state index < -0.39 is 5.82 Å². The molecule has 3 heterocycles. The molecule has 3 aromatic rings. The fourth-order valence-electron chi connectivity index (χ4n) is 3.19.